The summed E-state index contributed by atoms with van der Waals surface area (Å²) in [5.74, 6) is -0.131. The van der Waals surface area contributed by atoms with E-state index in [2.05, 4.69) is 5.10 Å². The summed E-state index contributed by atoms with van der Waals surface area (Å²) in [5.41, 5.74) is 1.03. The normalized spacial score (nSPS) is 15.1. The molecule has 3 rings (SSSR count). The van der Waals surface area contributed by atoms with E-state index in [1.165, 1.54) is 6.07 Å². The fourth-order valence-electron chi connectivity index (χ4n) is 2.61. The van der Waals surface area contributed by atoms with E-state index in [1.807, 2.05) is 0 Å². The molecule has 0 radical (unpaired) electrons. The molecule has 1 amide bonds. The second kappa shape index (κ2) is 5.88. The molecule has 1 saturated heterocycles. The summed E-state index contributed by atoms with van der Waals surface area (Å²) in [4.78, 5) is 26.4. The summed E-state index contributed by atoms with van der Waals surface area (Å²) in [7, 11) is 1.78. The summed E-state index contributed by atoms with van der Waals surface area (Å²) in [5, 5.41) is 15.5. The molecule has 2 aromatic rings. The number of halogens is 1. The molecule has 23 heavy (non-hydrogen) atoms. The number of hydrogen-bond acceptors (Lipinski definition) is 5. The highest BCUT2D eigenvalue weighted by Gasteiger charge is 2.29. The highest BCUT2D eigenvalue weighted by atomic mass is 35.5. The lowest BCUT2D eigenvalue weighted by atomic mass is 10.2. The van der Waals surface area contributed by atoms with Gasteiger partial charge in [0.2, 0.25) is 5.91 Å². The van der Waals surface area contributed by atoms with Crippen molar-refractivity contribution >= 4 is 34.6 Å². The van der Waals surface area contributed by atoms with Crippen molar-refractivity contribution in [3.63, 3.8) is 0 Å². The molecule has 1 aromatic carbocycles. The van der Waals surface area contributed by atoms with Gasteiger partial charge in [0.05, 0.1) is 23.4 Å². The number of nitro groups is 1. The number of nitro benzene ring substituents is 1. The molecule has 0 saturated carbocycles. The van der Waals surface area contributed by atoms with Crippen molar-refractivity contribution in [1.82, 2.24) is 9.78 Å². The molecular weight excluding hydrogens is 322 g/mol. The van der Waals surface area contributed by atoms with Crippen LogP contribution in [0.2, 0.25) is 5.02 Å². The van der Waals surface area contributed by atoms with Crippen molar-refractivity contribution < 1.29 is 9.72 Å². The first-order valence-corrected chi connectivity index (χ1v) is 7.31. The molecular formula is C14H14ClN5O3. The van der Waals surface area contributed by atoms with E-state index in [0.29, 0.717) is 23.8 Å². The number of anilines is 2. The van der Waals surface area contributed by atoms with Crippen LogP contribution in [-0.4, -0.2) is 40.2 Å². The van der Waals surface area contributed by atoms with E-state index < -0.39 is 4.92 Å². The zero-order chi connectivity index (χ0) is 16.6. The maximum atomic E-state index is 12.4. The van der Waals surface area contributed by atoms with Crippen molar-refractivity contribution in [1.29, 1.82) is 0 Å². The van der Waals surface area contributed by atoms with Gasteiger partial charge < -0.3 is 9.80 Å². The Morgan fingerprint density at radius 3 is 2.74 bits per heavy atom. The lowest BCUT2D eigenvalue weighted by Gasteiger charge is -2.34. The fraction of sp³-hybridized carbons (Fsp3) is 0.286. The van der Waals surface area contributed by atoms with Gasteiger partial charge in [-0.1, -0.05) is 11.6 Å². The Morgan fingerprint density at radius 1 is 1.35 bits per heavy atom. The third kappa shape index (κ3) is 2.98. The molecule has 1 fully saturated rings. The van der Waals surface area contributed by atoms with Gasteiger partial charge in [-0.2, -0.15) is 5.10 Å². The zero-order valence-electron chi connectivity index (χ0n) is 12.3. The minimum absolute atomic E-state index is 0.0668. The first kappa shape index (κ1) is 15.3. The Hall–Kier alpha value is -2.61. The number of piperazine rings is 1. The van der Waals surface area contributed by atoms with E-state index in [9.17, 15) is 14.9 Å². The molecule has 9 heteroatoms. The number of aryl methyl sites for hydroxylation is 1. The van der Waals surface area contributed by atoms with Crippen LogP contribution < -0.4 is 9.80 Å². The number of nitrogens with zero attached hydrogens (tertiary/aromatic N) is 5. The lowest BCUT2D eigenvalue weighted by molar-refractivity contribution is -0.384. The SMILES string of the molecule is Cn1cc(N2CCN(c3ccc(Cl)cc3[N+](=O)[O-])CC2=O)cn1. The molecule has 0 N–H and O–H groups in total. The number of rotatable bonds is 3. The lowest BCUT2D eigenvalue weighted by Crippen LogP contribution is -2.50. The number of carbonyl (C=O) groups excluding carboxylic acids is 1. The summed E-state index contributed by atoms with van der Waals surface area (Å²) < 4.78 is 1.62. The Kier molecular flexibility index (Phi) is 3.91. The van der Waals surface area contributed by atoms with Crippen LogP contribution in [0.5, 0.6) is 0 Å². The van der Waals surface area contributed by atoms with Crippen LogP contribution in [0.25, 0.3) is 0 Å². The second-order valence-corrected chi connectivity index (χ2v) is 5.67. The molecule has 0 spiro atoms. The molecule has 0 bridgehead atoms. The first-order valence-electron chi connectivity index (χ1n) is 6.93. The molecule has 1 aliphatic heterocycles. The highest BCUT2D eigenvalue weighted by Crippen LogP contribution is 2.32. The van der Waals surface area contributed by atoms with Crippen LogP contribution in [0.1, 0.15) is 0 Å². The average molecular weight is 336 g/mol. The van der Waals surface area contributed by atoms with Crippen LogP contribution in [0.3, 0.4) is 0 Å². The van der Waals surface area contributed by atoms with Crippen LogP contribution in [-0.2, 0) is 11.8 Å². The van der Waals surface area contributed by atoms with Gasteiger partial charge in [0.1, 0.15) is 5.69 Å². The Bertz CT molecular complexity index is 776. The van der Waals surface area contributed by atoms with Gasteiger partial charge in [-0.05, 0) is 12.1 Å². The standard InChI is InChI=1S/C14H14ClN5O3/c1-17-8-11(7-16-17)19-5-4-18(9-14(19)21)12-3-2-10(15)6-13(12)20(22)23/h2-3,6-8H,4-5,9H2,1H3. The third-order valence-electron chi connectivity index (χ3n) is 3.70. The maximum Gasteiger partial charge on any atom is 0.294 e. The number of aromatic nitrogens is 2. The van der Waals surface area contributed by atoms with Crippen molar-refractivity contribution in [2.24, 2.45) is 7.05 Å². The quantitative estimate of drug-likeness (QED) is 0.631. The van der Waals surface area contributed by atoms with Crippen LogP contribution >= 0.6 is 11.6 Å². The van der Waals surface area contributed by atoms with E-state index >= 15 is 0 Å². The monoisotopic (exact) mass is 335 g/mol. The van der Waals surface area contributed by atoms with E-state index in [1.54, 1.807) is 46.1 Å². The van der Waals surface area contributed by atoms with Gasteiger partial charge in [-0.25, -0.2) is 0 Å². The summed E-state index contributed by atoms with van der Waals surface area (Å²) in [6.45, 7) is 0.991. The minimum Gasteiger partial charge on any atom is -0.355 e. The van der Waals surface area contributed by atoms with E-state index in [-0.39, 0.29) is 18.1 Å². The van der Waals surface area contributed by atoms with Gasteiger partial charge in [0.25, 0.3) is 5.69 Å². The number of amides is 1. The fourth-order valence-corrected chi connectivity index (χ4v) is 2.78. The highest BCUT2D eigenvalue weighted by molar-refractivity contribution is 6.31. The van der Waals surface area contributed by atoms with Gasteiger partial charge in [0.15, 0.2) is 0 Å². The number of carbonyl (C=O) groups is 1. The minimum atomic E-state index is -0.487. The average Bonchev–Trinajstić information content (AvgIpc) is 2.93. The summed E-state index contributed by atoms with van der Waals surface area (Å²) >= 11 is 5.83. The Labute approximate surface area is 137 Å². The second-order valence-electron chi connectivity index (χ2n) is 5.23. The first-order chi connectivity index (χ1) is 11.0. The molecule has 0 atom stereocenters. The van der Waals surface area contributed by atoms with E-state index in [0.717, 1.165) is 5.69 Å². The molecule has 120 valence electrons. The smallest absolute Gasteiger partial charge is 0.294 e. The molecule has 2 heterocycles. The van der Waals surface area contributed by atoms with Crippen LogP contribution in [0.15, 0.2) is 30.6 Å². The van der Waals surface area contributed by atoms with Gasteiger partial charge >= 0.3 is 0 Å². The zero-order valence-corrected chi connectivity index (χ0v) is 13.1. The largest absolute Gasteiger partial charge is 0.355 e. The van der Waals surface area contributed by atoms with Crippen molar-refractivity contribution in [3.8, 4) is 0 Å². The summed E-state index contributed by atoms with van der Waals surface area (Å²) in [6, 6.07) is 4.46. The third-order valence-corrected chi connectivity index (χ3v) is 3.93. The Morgan fingerprint density at radius 2 is 2.13 bits per heavy atom. The molecule has 0 unspecified atom stereocenters. The van der Waals surface area contributed by atoms with Gasteiger partial charge in [-0.15, -0.1) is 0 Å². The van der Waals surface area contributed by atoms with Crippen LogP contribution in [0, 0.1) is 10.1 Å². The maximum absolute atomic E-state index is 12.4. The van der Waals surface area contributed by atoms with Gasteiger partial charge in [-0.3, -0.25) is 19.6 Å². The van der Waals surface area contributed by atoms with Gasteiger partial charge in [0, 0.05) is 37.4 Å². The molecule has 1 aliphatic rings. The number of benzene rings is 1. The van der Waals surface area contributed by atoms with E-state index in [4.69, 9.17) is 11.6 Å². The summed E-state index contributed by atoms with van der Waals surface area (Å²) in [6.07, 6.45) is 3.39. The van der Waals surface area contributed by atoms with Crippen LogP contribution in [0.4, 0.5) is 17.1 Å². The number of hydrogen-bond donors (Lipinski definition) is 0. The van der Waals surface area contributed by atoms with Crippen molar-refractivity contribution in [2.75, 3.05) is 29.4 Å². The molecule has 8 nitrogen and oxygen atoms in total. The molecule has 0 aliphatic carbocycles. The van der Waals surface area contributed by atoms with Crippen molar-refractivity contribution in [3.05, 3.63) is 45.7 Å². The predicted molar refractivity (Wildman–Crippen MR) is 85.9 cm³/mol. The van der Waals surface area contributed by atoms with Crippen molar-refractivity contribution in [2.45, 2.75) is 0 Å². The topological polar surface area (TPSA) is 84.5 Å². The predicted octanol–water partition coefficient (Wildman–Crippen LogP) is 1.83. The molecule has 1 aromatic heterocycles. The Balaban J connectivity index is 1.83.